The molecule has 0 atom stereocenters. The molecule has 0 aliphatic heterocycles. The number of halogens is 2. The average molecular weight is 583 g/mol. The standard InChI is InChI=1S/C24H13Br2N3O5/c25-15-11-14(21(17(26)12-15)34-24(31)20-8-4-10-33-20)13-27-29-22(19-7-3-9-32-19)28-18-6-2-1-5-16(18)23(29)30/h1-13H. The SMILES string of the molecule is O=C(Oc1c(Br)cc(Br)cc1C=Nn1c(-c2ccco2)nc2ccccc2c1=O)c1ccco1. The van der Waals surface area contributed by atoms with Crippen LogP contribution in [0.5, 0.6) is 5.75 Å². The maximum atomic E-state index is 13.3. The van der Waals surface area contributed by atoms with Gasteiger partial charge < -0.3 is 13.6 Å². The molecule has 0 unspecified atom stereocenters. The smallest absolute Gasteiger partial charge is 0.379 e. The molecule has 3 aromatic heterocycles. The van der Waals surface area contributed by atoms with Crippen molar-refractivity contribution in [3.63, 3.8) is 0 Å². The summed E-state index contributed by atoms with van der Waals surface area (Å²) in [6.07, 6.45) is 4.28. The van der Waals surface area contributed by atoms with E-state index in [2.05, 4.69) is 41.9 Å². The van der Waals surface area contributed by atoms with Crippen LogP contribution in [0.4, 0.5) is 0 Å². The number of carbonyl (C=O) groups is 1. The highest BCUT2D eigenvalue weighted by atomic mass is 79.9. The molecular weight excluding hydrogens is 570 g/mol. The molecule has 0 saturated heterocycles. The van der Waals surface area contributed by atoms with E-state index in [1.54, 1.807) is 54.6 Å². The van der Waals surface area contributed by atoms with E-state index in [0.29, 0.717) is 31.2 Å². The van der Waals surface area contributed by atoms with E-state index >= 15 is 0 Å². The lowest BCUT2D eigenvalue weighted by atomic mass is 10.2. The Balaban J connectivity index is 1.63. The topological polar surface area (TPSA) is 99.8 Å². The summed E-state index contributed by atoms with van der Waals surface area (Å²) in [5.41, 5.74) is 0.562. The van der Waals surface area contributed by atoms with E-state index in [-0.39, 0.29) is 22.9 Å². The van der Waals surface area contributed by atoms with Gasteiger partial charge in [0.2, 0.25) is 11.6 Å². The normalized spacial score (nSPS) is 11.4. The quantitative estimate of drug-likeness (QED) is 0.146. The van der Waals surface area contributed by atoms with Crippen molar-refractivity contribution in [1.29, 1.82) is 0 Å². The van der Waals surface area contributed by atoms with Crippen molar-refractivity contribution < 1.29 is 18.4 Å². The lowest BCUT2D eigenvalue weighted by molar-refractivity contribution is 0.0700. The highest BCUT2D eigenvalue weighted by Gasteiger charge is 2.18. The number of benzene rings is 2. The molecule has 0 saturated carbocycles. The molecule has 0 fully saturated rings. The zero-order valence-corrected chi connectivity index (χ0v) is 20.3. The molecule has 0 aliphatic rings. The van der Waals surface area contributed by atoms with Crippen molar-refractivity contribution in [3.8, 4) is 17.3 Å². The highest BCUT2D eigenvalue weighted by molar-refractivity contribution is 9.11. The van der Waals surface area contributed by atoms with Gasteiger partial charge in [-0.1, -0.05) is 28.1 Å². The summed E-state index contributed by atoms with van der Waals surface area (Å²) in [6, 6.07) is 16.9. The predicted molar refractivity (Wildman–Crippen MR) is 132 cm³/mol. The number of nitrogens with zero attached hydrogens (tertiary/aromatic N) is 3. The number of fused-ring (bicyclic) bond motifs is 1. The molecule has 10 heteroatoms. The summed E-state index contributed by atoms with van der Waals surface area (Å²) in [4.78, 5) is 30.3. The summed E-state index contributed by atoms with van der Waals surface area (Å²) in [5, 5.41) is 4.79. The Labute approximate surface area is 208 Å². The molecule has 0 aliphatic carbocycles. The molecule has 0 bridgehead atoms. The summed E-state index contributed by atoms with van der Waals surface area (Å²) in [6.45, 7) is 0. The van der Waals surface area contributed by atoms with Crippen molar-refractivity contribution in [2.45, 2.75) is 0 Å². The number of rotatable bonds is 5. The first-order chi connectivity index (χ1) is 16.5. The molecule has 5 aromatic rings. The Morgan fingerprint density at radius 1 is 1.03 bits per heavy atom. The number of carbonyl (C=O) groups excluding carboxylic acids is 1. The molecule has 0 spiro atoms. The van der Waals surface area contributed by atoms with E-state index in [0.717, 1.165) is 4.68 Å². The number of ether oxygens (including phenoxy) is 1. The molecular formula is C24H13Br2N3O5. The lowest BCUT2D eigenvalue weighted by Gasteiger charge is -2.10. The van der Waals surface area contributed by atoms with Gasteiger partial charge in [-0.25, -0.2) is 9.78 Å². The van der Waals surface area contributed by atoms with E-state index < -0.39 is 5.97 Å². The molecule has 3 heterocycles. The van der Waals surface area contributed by atoms with Crippen LogP contribution in [0.25, 0.3) is 22.5 Å². The molecule has 8 nitrogen and oxygen atoms in total. The van der Waals surface area contributed by atoms with Gasteiger partial charge >= 0.3 is 5.97 Å². The van der Waals surface area contributed by atoms with Crippen LogP contribution < -0.4 is 10.3 Å². The van der Waals surface area contributed by atoms with Crippen LogP contribution in [0.3, 0.4) is 0 Å². The van der Waals surface area contributed by atoms with Crippen molar-refractivity contribution in [2.24, 2.45) is 5.10 Å². The minimum absolute atomic E-state index is 0.0489. The Bertz CT molecular complexity index is 1590. The third kappa shape index (κ3) is 4.25. The summed E-state index contributed by atoms with van der Waals surface area (Å²) in [5.74, 6) is 0.180. The third-order valence-electron chi connectivity index (χ3n) is 4.76. The van der Waals surface area contributed by atoms with Crippen LogP contribution in [0, 0.1) is 0 Å². The van der Waals surface area contributed by atoms with Gasteiger partial charge in [-0.3, -0.25) is 4.79 Å². The van der Waals surface area contributed by atoms with Gasteiger partial charge in [0, 0.05) is 10.0 Å². The largest absolute Gasteiger partial charge is 0.461 e. The summed E-state index contributed by atoms with van der Waals surface area (Å²) >= 11 is 6.84. The van der Waals surface area contributed by atoms with E-state index in [1.807, 2.05) is 0 Å². The van der Waals surface area contributed by atoms with Crippen LogP contribution in [-0.2, 0) is 0 Å². The molecule has 2 aromatic carbocycles. The Kier molecular flexibility index (Phi) is 5.99. The minimum Gasteiger partial charge on any atom is -0.461 e. The van der Waals surface area contributed by atoms with Crippen LogP contribution >= 0.6 is 31.9 Å². The van der Waals surface area contributed by atoms with Crippen LogP contribution in [-0.4, -0.2) is 21.8 Å². The number of hydrogen-bond donors (Lipinski definition) is 0. The molecule has 34 heavy (non-hydrogen) atoms. The van der Waals surface area contributed by atoms with Gasteiger partial charge in [0.15, 0.2) is 11.5 Å². The van der Waals surface area contributed by atoms with Crippen molar-refractivity contribution in [3.05, 3.63) is 104 Å². The molecule has 0 amide bonds. The predicted octanol–water partition coefficient (Wildman–Crippen LogP) is 5.88. The van der Waals surface area contributed by atoms with Gasteiger partial charge in [0.25, 0.3) is 5.56 Å². The van der Waals surface area contributed by atoms with E-state index in [1.165, 1.54) is 24.8 Å². The van der Waals surface area contributed by atoms with Crippen molar-refractivity contribution in [1.82, 2.24) is 9.66 Å². The van der Waals surface area contributed by atoms with E-state index in [9.17, 15) is 9.59 Å². The number of aromatic nitrogens is 2. The van der Waals surface area contributed by atoms with Crippen LogP contribution in [0.1, 0.15) is 16.1 Å². The number of hydrogen-bond acceptors (Lipinski definition) is 7. The molecule has 0 radical (unpaired) electrons. The van der Waals surface area contributed by atoms with Crippen molar-refractivity contribution in [2.75, 3.05) is 0 Å². The van der Waals surface area contributed by atoms with Gasteiger partial charge in [0.05, 0.1) is 34.1 Å². The maximum absolute atomic E-state index is 13.3. The second kappa shape index (κ2) is 9.24. The van der Waals surface area contributed by atoms with Gasteiger partial charge in [-0.15, -0.1) is 0 Å². The fourth-order valence-electron chi connectivity index (χ4n) is 3.24. The third-order valence-corrected chi connectivity index (χ3v) is 5.81. The monoisotopic (exact) mass is 581 g/mol. The van der Waals surface area contributed by atoms with E-state index in [4.69, 9.17) is 13.6 Å². The fourth-order valence-corrected chi connectivity index (χ4v) is 4.58. The molecule has 0 N–H and O–H groups in total. The highest BCUT2D eigenvalue weighted by Crippen LogP contribution is 2.33. The van der Waals surface area contributed by atoms with Gasteiger partial charge in [-0.2, -0.15) is 9.78 Å². The Hall–Kier alpha value is -3.76. The first kappa shape index (κ1) is 22.1. The second-order valence-corrected chi connectivity index (χ2v) is 8.73. The number of furan rings is 2. The number of para-hydroxylation sites is 1. The summed E-state index contributed by atoms with van der Waals surface area (Å²) in [7, 11) is 0. The minimum atomic E-state index is -0.677. The average Bonchev–Trinajstić information content (AvgIpc) is 3.55. The summed E-state index contributed by atoms with van der Waals surface area (Å²) < 4.78 is 18.5. The first-order valence-corrected chi connectivity index (χ1v) is 11.4. The maximum Gasteiger partial charge on any atom is 0.379 e. The van der Waals surface area contributed by atoms with Gasteiger partial charge in [0.1, 0.15) is 0 Å². The number of esters is 1. The fraction of sp³-hybridized carbons (Fsp3) is 0. The van der Waals surface area contributed by atoms with Gasteiger partial charge in [-0.05, 0) is 64.5 Å². The Morgan fingerprint density at radius 2 is 1.82 bits per heavy atom. The first-order valence-electron chi connectivity index (χ1n) is 9.86. The molecule has 5 rings (SSSR count). The Morgan fingerprint density at radius 3 is 2.59 bits per heavy atom. The molecule has 168 valence electrons. The zero-order valence-electron chi connectivity index (χ0n) is 17.1. The van der Waals surface area contributed by atoms with Crippen LogP contribution in [0.15, 0.2) is 101 Å². The lowest BCUT2D eigenvalue weighted by Crippen LogP contribution is -2.20. The van der Waals surface area contributed by atoms with Crippen LogP contribution in [0.2, 0.25) is 0 Å². The van der Waals surface area contributed by atoms with Crippen molar-refractivity contribution >= 4 is 54.9 Å². The second-order valence-electron chi connectivity index (χ2n) is 6.96. The zero-order chi connectivity index (χ0) is 23.7.